The van der Waals surface area contributed by atoms with Crippen molar-refractivity contribution in [3.63, 3.8) is 0 Å². The maximum absolute atomic E-state index is 10.9. The first-order valence-corrected chi connectivity index (χ1v) is 28.7. The van der Waals surface area contributed by atoms with Crippen molar-refractivity contribution in [2.75, 3.05) is 6.61 Å². The number of allylic oxidation sites excluding steroid dienone is 8. The minimum absolute atomic E-state index is 0.116. The summed E-state index contributed by atoms with van der Waals surface area (Å²) in [6.07, 6.45) is 25.3. The van der Waals surface area contributed by atoms with E-state index in [1.165, 1.54) is 63.4 Å². The molecule has 5 unspecified atom stereocenters. The molecule has 0 saturated heterocycles. The van der Waals surface area contributed by atoms with Crippen LogP contribution in [-0.2, 0) is 33.6 Å². The number of hydrogen-bond donors (Lipinski definition) is 1. The summed E-state index contributed by atoms with van der Waals surface area (Å²) in [5.41, 5.74) is 10.5. The minimum atomic E-state index is -0.561. The molecule has 0 heterocycles. The molecule has 4 rings (SSSR count). The molecule has 442 valence electrons. The summed E-state index contributed by atoms with van der Waals surface area (Å²) in [5.74, 6) is 1.96. The van der Waals surface area contributed by atoms with Crippen molar-refractivity contribution in [1.29, 1.82) is 0 Å². The number of aryl methyl sites for hydroxylation is 4. The van der Waals surface area contributed by atoms with Crippen LogP contribution in [0.2, 0.25) is 0 Å². The van der Waals surface area contributed by atoms with Crippen LogP contribution in [0.4, 0.5) is 0 Å². The highest BCUT2D eigenvalue weighted by molar-refractivity contribution is 5.89. The first-order chi connectivity index (χ1) is 38.8. The number of aliphatic hydroxyl groups is 1. The fourth-order valence-corrected chi connectivity index (χ4v) is 7.71. The first kappa shape index (κ1) is 84.4. The van der Waals surface area contributed by atoms with Crippen molar-refractivity contribution < 1.29 is 19.4 Å². The molecule has 80 heavy (non-hydrogen) atoms. The summed E-state index contributed by atoms with van der Waals surface area (Å²) >= 11 is 0. The third kappa shape index (κ3) is 43.1. The van der Waals surface area contributed by atoms with E-state index in [9.17, 15) is 9.90 Å². The van der Waals surface area contributed by atoms with Gasteiger partial charge >= 0.3 is 0 Å². The SMILES string of the molecule is C=C.C=C.C=CC.C=CC.C=CC.C=CCC(CC)CC(=O)C=C.C=CCCCCc1ccc(C(c2ccc(CCC(C)CC=C)cc2)C(c2ccc(C)cc2)c2ccc(CCC(O)COC(=C)C=C)cc2)cc1.C=O.CC.CC. The van der Waals surface area contributed by atoms with E-state index in [-0.39, 0.29) is 24.2 Å². The predicted octanol–water partition coefficient (Wildman–Crippen LogP) is 21.8. The molecule has 4 nitrogen and oxygen atoms in total. The highest BCUT2D eigenvalue weighted by atomic mass is 16.5. The molecule has 0 bridgehead atoms. The zero-order chi connectivity index (χ0) is 62.5. The average molecular weight is 1090 g/mol. The fourth-order valence-electron chi connectivity index (χ4n) is 7.71. The van der Waals surface area contributed by atoms with Crippen LogP contribution in [-0.4, -0.2) is 30.4 Å². The fraction of sp³-hybridized carbons (Fsp3) is 0.368. The van der Waals surface area contributed by atoms with E-state index in [1.807, 2.05) is 73.5 Å². The smallest absolute Gasteiger partial charge is 0.155 e. The summed E-state index contributed by atoms with van der Waals surface area (Å²) in [5, 5.41) is 10.5. The Morgan fingerprint density at radius 3 is 1.25 bits per heavy atom. The summed E-state index contributed by atoms with van der Waals surface area (Å²) < 4.78 is 5.47. The Kier molecular flexibility index (Phi) is 66.4. The largest absolute Gasteiger partial charge is 0.492 e. The maximum Gasteiger partial charge on any atom is 0.155 e. The Labute approximate surface area is 493 Å². The zero-order valence-corrected chi connectivity index (χ0v) is 52.5. The molecule has 1 N–H and O–H groups in total. The molecule has 4 aromatic carbocycles. The second kappa shape index (κ2) is 63.0. The van der Waals surface area contributed by atoms with E-state index < -0.39 is 6.10 Å². The van der Waals surface area contributed by atoms with Crippen LogP contribution in [0.3, 0.4) is 0 Å². The number of carbonyl (C=O) groups is 2. The normalized spacial score (nSPS) is 10.9. The van der Waals surface area contributed by atoms with Gasteiger partial charge in [-0.05, 0) is 155 Å². The van der Waals surface area contributed by atoms with Crippen molar-refractivity contribution in [3.05, 3.63) is 281 Å². The number of hydrogen-bond acceptors (Lipinski definition) is 4. The van der Waals surface area contributed by atoms with Gasteiger partial charge in [0, 0.05) is 18.3 Å². The number of benzene rings is 4. The number of unbranched alkanes of at least 4 members (excludes halogenated alkanes) is 2. The monoisotopic (exact) mass is 1090 g/mol. The lowest BCUT2D eigenvalue weighted by atomic mass is 9.73. The third-order valence-electron chi connectivity index (χ3n) is 11.7. The van der Waals surface area contributed by atoms with Gasteiger partial charge in [-0.15, -0.1) is 65.8 Å². The van der Waals surface area contributed by atoms with Gasteiger partial charge in [0.2, 0.25) is 0 Å². The molecule has 0 aliphatic heterocycles. The molecule has 0 amide bonds. The van der Waals surface area contributed by atoms with Gasteiger partial charge < -0.3 is 14.6 Å². The minimum Gasteiger partial charge on any atom is -0.492 e. The van der Waals surface area contributed by atoms with Crippen molar-refractivity contribution >= 4 is 12.6 Å². The van der Waals surface area contributed by atoms with E-state index in [0.29, 0.717) is 30.4 Å². The number of carbonyl (C=O) groups excluding carboxylic acids is 2. The van der Waals surface area contributed by atoms with Gasteiger partial charge in [0.1, 0.15) is 19.2 Å². The van der Waals surface area contributed by atoms with Gasteiger partial charge in [0.05, 0.1) is 6.10 Å². The van der Waals surface area contributed by atoms with Gasteiger partial charge in [-0.2, -0.15) is 0 Å². The van der Waals surface area contributed by atoms with Crippen LogP contribution in [0.5, 0.6) is 0 Å². The molecule has 0 saturated carbocycles. The van der Waals surface area contributed by atoms with Crippen LogP contribution in [0.25, 0.3) is 0 Å². The predicted molar refractivity (Wildman–Crippen MR) is 362 cm³/mol. The molecule has 0 radical (unpaired) electrons. The van der Waals surface area contributed by atoms with Gasteiger partial charge in [0.15, 0.2) is 5.78 Å². The quantitative estimate of drug-likeness (QED) is 0.0202. The van der Waals surface area contributed by atoms with E-state index in [0.717, 1.165) is 51.4 Å². The lowest BCUT2D eigenvalue weighted by Crippen LogP contribution is -2.16. The van der Waals surface area contributed by atoms with E-state index in [2.05, 4.69) is 203 Å². The highest BCUT2D eigenvalue weighted by Gasteiger charge is 2.28. The summed E-state index contributed by atoms with van der Waals surface area (Å²) in [4.78, 5) is 18.9. The third-order valence-corrected chi connectivity index (χ3v) is 11.7. The Balaban J connectivity index is -0.000000380. The topological polar surface area (TPSA) is 63.6 Å². The van der Waals surface area contributed by atoms with Crippen molar-refractivity contribution in [3.8, 4) is 0 Å². The lowest BCUT2D eigenvalue weighted by molar-refractivity contribution is -0.115. The molecular weight excluding hydrogens is 977 g/mol. The molecule has 4 heteroatoms. The van der Waals surface area contributed by atoms with Crippen molar-refractivity contribution in [1.82, 2.24) is 0 Å². The van der Waals surface area contributed by atoms with Crippen molar-refractivity contribution in [2.24, 2.45) is 11.8 Å². The lowest BCUT2D eigenvalue weighted by Gasteiger charge is -2.30. The summed E-state index contributed by atoms with van der Waals surface area (Å²) in [6, 6.07) is 36.9. The second-order valence-corrected chi connectivity index (χ2v) is 17.9. The first-order valence-electron chi connectivity index (χ1n) is 28.7. The molecule has 0 aliphatic carbocycles. The zero-order valence-electron chi connectivity index (χ0n) is 52.5. The molecule has 5 atom stereocenters. The van der Waals surface area contributed by atoms with Crippen LogP contribution >= 0.6 is 0 Å². The van der Waals surface area contributed by atoms with Crippen LogP contribution < -0.4 is 0 Å². The number of aliphatic hydroxyl groups excluding tert-OH is 1. The molecule has 4 aromatic rings. The molecule has 0 aromatic heterocycles. The Morgan fingerprint density at radius 1 is 0.550 bits per heavy atom. The van der Waals surface area contributed by atoms with Gasteiger partial charge in [-0.25, -0.2) is 0 Å². The number of ketones is 1. The van der Waals surface area contributed by atoms with Crippen LogP contribution in [0, 0.1) is 18.8 Å². The number of ether oxygens (including phenoxy) is 1. The highest BCUT2D eigenvalue weighted by Crippen LogP contribution is 2.43. The van der Waals surface area contributed by atoms with E-state index >= 15 is 0 Å². The van der Waals surface area contributed by atoms with Gasteiger partial charge in [-0.1, -0.05) is 207 Å². The maximum atomic E-state index is 10.9. The van der Waals surface area contributed by atoms with E-state index in [1.54, 1.807) is 24.3 Å². The Morgan fingerprint density at radius 2 is 0.912 bits per heavy atom. The molecule has 0 aliphatic rings. The van der Waals surface area contributed by atoms with E-state index in [4.69, 9.17) is 9.53 Å². The number of rotatable bonds is 28. The van der Waals surface area contributed by atoms with Crippen LogP contribution in [0.1, 0.15) is 176 Å². The Hall–Kier alpha value is -6.88. The summed E-state index contributed by atoms with van der Waals surface area (Å²) in [7, 11) is 0. The average Bonchev–Trinajstić information content (AvgIpc) is 3.50. The molecule has 0 spiro atoms. The standard InChI is InChI=1S/C48H58O2.C10H16O.3C3H6.2C2H6.2C2H4.CH2O/c1-7-10-11-12-14-39-19-28-43(29-20-39)48(45-30-21-40(22-31-45)18-15-36(4)13-8-2)47(42-26-16-37(5)17-27-42)44-32-23-41(24-33-44)25-34-46(49)35-50-38(6)9-3;1-4-7-9(5-2)8-10(11)6-3;3*1-3-2;5*1-2/h7-9,16-17,19-24,26-33,36,46-49H,1-3,6,10-15,18,25,34-35H2,4-5H3;4,6,9H,1,3,5,7-8H2,2H3;3*3H,1H2,2H3;2*1-2H3;2*1-2H2;1H2. The molecule has 0 fully saturated rings. The van der Waals surface area contributed by atoms with Crippen LogP contribution in [0.15, 0.2) is 237 Å². The van der Waals surface area contributed by atoms with Gasteiger partial charge in [0.25, 0.3) is 0 Å². The summed E-state index contributed by atoms with van der Waals surface area (Å²) in [6.45, 7) is 66.8. The molecular formula is C76H114O4. The second-order valence-electron chi connectivity index (χ2n) is 17.9. The van der Waals surface area contributed by atoms with Crippen molar-refractivity contribution in [2.45, 2.75) is 164 Å². The van der Waals surface area contributed by atoms with Gasteiger partial charge in [-0.3, -0.25) is 4.79 Å². The Bertz CT molecular complexity index is 2100.